The van der Waals surface area contributed by atoms with Gasteiger partial charge in [0.2, 0.25) is 0 Å². The van der Waals surface area contributed by atoms with Crippen molar-refractivity contribution >= 4 is 29.5 Å². The van der Waals surface area contributed by atoms with Gasteiger partial charge in [0.1, 0.15) is 24.2 Å². The van der Waals surface area contributed by atoms with E-state index in [2.05, 4.69) is 5.32 Å². The van der Waals surface area contributed by atoms with Crippen LogP contribution >= 0.6 is 0 Å². The predicted octanol–water partition coefficient (Wildman–Crippen LogP) is 3.92. The Morgan fingerprint density at radius 1 is 1.02 bits per heavy atom. The number of hydrogen-bond acceptors (Lipinski definition) is 8. The Kier molecular flexibility index (Phi) is 9.10. The third kappa shape index (κ3) is 7.15. The second-order valence-electron chi connectivity index (χ2n) is 9.05. The zero-order valence-corrected chi connectivity index (χ0v) is 22.0. The highest BCUT2D eigenvalue weighted by Gasteiger charge is 2.51. The number of β-lactam (4-membered cyclic amide) rings is 1. The van der Waals surface area contributed by atoms with Gasteiger partial charge in [-0.3, -0.25) is 24.6 Å². The van der Waals surface area contributed by atoms with Crippen LogP contribution in [0.25, 0.3) is 6.08 Å². The smallest absolute Gasteiger partial charge is 0.358 e. The summed E-state index contributed by atoms with van der Waals surface area (Å²) >= 11 is 0. The van der Waals surface area contributed by atoms with E-state index in [1.165, 1.54) is 31.2 Å². The number of carbonyl (C=O) groups is 3. The van der Waals surface area contributed by atoms with Crippen LogP contribution in [0.1, 0.15) is 18.1 Å². The van der Waals surface area contributed by atoms with Gasteiger partial charge in [-0.25, -0.2) is 4.79 Å². The zero-order chi connectivity index (χ0) is 29.4. The van der Waals surface area contributed by atoms with E-state index >= 15 is 0 Å². The second kappa shape index (κ2) is 13.1. The minimum atomic E-state index is -1.03. The number of nitrogens with one attached hydrogen (secondary N) is 1. The number of hydrogen-bond donors (Lipinski definition) is 2. The van der Waals surface area contributed by atoms with E-state index in [1.54, 1.807) is 36.4 Å². The fourth-order valence-corrected chi connectivity index (χ4v) is 4.12. The number of nitro benzene ring substituents is 1. The van der Waals surface area contributed by atoms with Crippen LogP contribution < -0.4 is 10.1 Å². The monoisotopic (exact) mass is 557 g/mol. The summed E-state index contributed by atoms with van der Waals surface area (Å²) in [4.78, 5) is 50.3. The summed E-state index contributed by atoms with van der Waals surface area (Å²) < 4.78 is 10.8. The normalized spacial score (nSPS) is 16.9. The molecule has 41 heavy (non-hydrogen) atoms. The number of likely N-dealkylation sites (tertiary alicyclic amines) is 1. The highest BCUT2D eigenvalue weighted by atomic mass is 16.6. The van der Waals surface area contributed by atoms with Crippen molar-refractivity contribution in [3.8, 4) is 5.75 Å². The van der Waals surface area contributed by atoms with E-state index in [4.69, 9.17) is 9.47 Å². The van der Waals surface area contributed by atoms with E-state index < -0.39 is 40.5 Å². The fraction of sp³-hybridized carbons (Fsp3) is 0.167. The first kappa shape index (κ1) is 28.6. The van der Waals surface area contributed by atoms with Gasteiger partial charge in [0.05, 0.1) is 11.0 Å². The van der Waals surface area contributed by atoms with Crippen LogP contribution in [0.5, 0.6) is 5.75 Å². The molecule has 0 unspecified atom stereocenters. The predicted molar refractivity (Wildman–Crippen MR) is 148 cm³/mol. The minimum absolute atomic E-state index is 0.117. The molecule has 11 heteroatoms. The Morgan fingerprint density at radius 2 is 1.66 bits per heavy atom. The van der Waals surface area contributed by atoms with Crippen molar-refractivity contribution in [1.29, 1.82) is 0 Å². The Hall–Kier alpha value is -5.45. The van der Waals surface area contributed by atoms with E-state index in [0.29, 0.717) is 11.3 Å². The molecule has 1 aliphatic heterocycles. The van der Waals surface area contributed by atoms with Gasteiger partial charge >= 0.3 is 5.97 Å². The van der Waals surface area contributed by atoms with Crippen molar-refractivity contribution in [2.24, 2.45) is 0 Å². The van der Waals surface area contributed by atoms with Crippen LogP contribution in [0.2, 0.25) is 0 Å². The average molecular weight is 558 g/mol. The number of rotatable bonds is 11. The molecule has 0 bridgehead atoms. The minimum Gasteiger partial charge on any atom is -0.510 e. The van der Waals surface area contributed by atoms with Crippen LogP contribution in [0, 0.1) is 10.1 Å². The number of allylic oxidation sites excluding steroid dienone is 1. The Labute approximate surface area is 235 Å². The maximum Gasteiger partial charge on any atom is 0.358 e. The van der Waals surface area contributed by atoms with Gasteiger partial charge < -0.3 is 19.9 Å². The molecule has 1 fully saturated rings. The van der Waals surface area contributed by atoms with Crippen LogP contribution in [0.15, 0.2) is 102 Å². The number of ether oxygens (including phenoxy) is 2. The topological polar surface area (TPSA) is 148 Å². The quantitative estimate of drug-likeness (QED) is 0.0900. The summed E-state index contributed by atoms with van der Waals surface area (Å²) in [5.74, 6) is -2.12. The molecule has 2 N–H and O–H groups in total. The van der Waals surface area contributed by atoms with Gasteiger partial charge in [0, 0.05) is 12.1 Å². The van der Waals surface area contributed by atoms with Crippen molar-refractivity contribution in [3.05, 3.63) is 124 Å². The second-order valence-corrected chi connectivity index (χ2v) is 9.05. The van der Waals surface area contributed by atoms with Gasteiger partial charge in [0.25, 0.3) is 17.5 Å². The first-order valence-electron chi connectivity index (χ1n) is 12.6. The van der Waals surface area contributed by atoms with E-state index in [9.17, 15) is 29.6 Å². The van der Waals surface area contributed by atoms with Crippen LogP contribution in [0.3, 0.4) is 0 Å². The van der Waals surface area contributed by atoms with E-state index in [-0.39, 0.29) is 24.6 Å². The largest absolute Gasteiger partial charge is 0.510 e. The summed E-state index contributed by atoms with van der Waals surface area (Å²) in [6.07, 6.45) is 3.38. The third-order valence-electron chi connectivity index (χ3n) is 6.15. The Morgan fingerprint density at radius 3 is 2.27 bits per heavy atom. The lowest BCUT2D eigenvalue weighted by Gasteiger charge is -2.46. The van der Waals surface area contributed by atoms with Crippen molar-refractivity contribution in [1.82, 2.24) is 10.2 Å². The summed E-state index contributed by atoms with van der Waals surface area (Å²) in [6, 6.07) is 21.5. The lowest BCUT2D eigenvalue weighted by atomic mass is 9.92. The molecular formula is C30H27N3O8. The lowest BCUT2D eigenvalue weighted by Crippen LogP contribution is -2.70. The van der Waals surface area contributed by atoms with Gasteiger partial charge in [0.15, 0.2) is 12.3 Å². The molecule has 1 heterocycles. The summed E-state index contributed by atoms with van der Waals surface area (Å²) in [5, 5.41) is 23.9. The molecule has 4 rings (SSSR count). The average Bonchev–Trinajstić information content (AvgIpc) is 2.98. The van der Waals surface area contributed by atoms with Gasteiger partial charge in [-0.15, -0.1) is 0 Å². The zero-order valence-electron chi connectivity index (χ0n) is 22.0. The molecule has 0 radical (unpaired) electrons. The number of aliphatic hydroxyl groups is 1. The number of nitrogens with zero attached hydrogens (tertiary/aromatic N) is 2. The molecule has 0 spiro atoms. The van der Waals surface area contributed by atoms with Crippen molar-refractivity contribution < 1.29 is 33.9 Å². The molecule has 1 saturated heterocycles. The maximum atomic E-state index is 13.2. The number of carbonyl (C=O) groups excluding carboxylic acids is 3. The molecule has 2 amide bonds. The van der Waals surface area contributed by atoms with Gasteiger partial charge in [-0.1, -0.05) is 60.7 Å². The Balaban J connectivity index is 1.49. The number of benzene rings is 3. The lowest BCUT2D eigenvalue weighted by molar-refractivity contribution is -0.384. The molecule has 0 saturated carbocycles. The van der Waals surface area contributed by atoms with Gasteiger partial charge in [-0.05, 0) is 42.3 Å². The summed E-state index contributed by atoms with van der Waals surface area (Å²) in [6.45, 7) is 0.659. The van der Waals surface area contributed by atoms with Crippen molar-refractivity contribution in [2.45, 2.75) is 25.6 Å². The molecule has 11 nitrogen and oxygen atoms in total. The molecule has 2 atom stereocenters. The molecule has 3 aromatic rings. The molecule has 0 aromatic heterocycles. The number of esters is 1. The first-order chi connectivity index (χ1) is 19.7. The van der Waals surface area contributed by atoms with Crippen LogP contribution in [-0.4, -0.2) is 51.4 Å². The number of nitro groups is 1. The number of non-ortho nitro benzene ring substituents is 1. The molecule has 0 aliphatic carbocycles. The van der Waals surface area contributed by atoms with E-state index in [0.717, 1.165) is 10.5 Å². The number of amides is 2. The molecule has 1 aliphatic rings. The van der Waals surface area contributed by atoms with Crippen molar-refractivity contribution in [3.63, 3.8) is 0 Å². The first-order valence-corrected chi connectivity index (χ1v) is 12.6. The number of aliphatic hydroxyl groups excluding tert-OH is 1. The molecule has 210 valence electrons. The van der Waals surface area contributed by atoms with Crippen LogP contribution in [0.4, 0.5) is 5.69 Å². The number of para-hydroxylation sites is 1. The SMILES string of the molecule is CC(O)=C(C(=O)OCc1ccc([N+](=O)[O-])cc1)N1C(=O)[C@@H](NC(=O)COc2ccccc2)[C@H]1C=Cc1ccccc1. The Bertz CT molecular complexity index is 1470. The molecular weight excluding hydrogens is 530 g/mol. The summed E-state index contributed by atoms with van der Waals surface area (Å²) in [5.41, 5.74) is 0.785. The highest BCUT2D eigenvalue weighted by Crippen LogP contribution is 2.30. The fourth-order valence-electron chi connectivity index (χ4n) is 4.12. The molecule has 3 aromatic carbocycles. The highest BCUT2D eigenvalue weighted by molar-refractivity contribution is 6.02. The third-order valence-corrected chi connectivity index (χ3v) is 6.15. The van der Waals surface area contributed by atoms with Crippen molar-refractivity contribution in [2.75, 3.05) is 6.61 Å². The van der Waals surface area contributed by atoms with Crippen LogP contribution in [-0.2, 0) is 25.7 Å². The van der Waals surface area contributed by atoms with Gasteiger partial charge in [-0.2, -0.15) is 0 Å². The van der Waals surface area contributed by atoms with E-state index in [1.807, 2.05) is 36.4 Å². The maximum absolute atomic E-state index is 13.2. The summed E-state index contributed by atoms with van der Waals surface area (Å²) in [7, 11) is 0. The standard InChI is InChI=1S/C30H27N3O8/c1-20(34)28(30(37)41-18-22-12-15-23(16-13-22)33(38)39)32-25(17-14-21-8-4-2-5-9-21)27(29(32)36)31-26(35)19-40-24-10-6-3-7-11-24/h2-17,25,27,34H,18-19H2,1H3,(H,31,35)/t25-,27+/m1/s1.